The second kappa shape index (κ2) is 9.29. The number of nitrogens with two attached hydrogens (primary N) is 1. The number of aromatic amines is 1. The number of amides is 1. The Balaban J connectivity index is 1.53. The van der Waals surface area contributed by atoms with Gasteiger partial charge in [0.1, 0.15) is 6.07 Å². The summed E-state index contributed by atoms with van der Waals surface area (Å²) >= 11 is 0. The number of nitriles is 1. The van der Waals surface area contributed by atoms with Crippen LogP contribution in [0.5, 0.6) is 0 Å². The van der Waals surface area contributed by atoms with Crippen LogP contribution in [0.1, 0.15) is 29.5 Å². The van der Waals surface area contributed by atoms with Crippen molar-refractivity contribution in [3.8, 4) is 6.07 Å². The van der Waals surface area contributed by atoms with E-state index in [1.807, 2.05) is 43.3 Å². The number of hydrogen-bond acceptors (Lipinski definition) is 2. The van der Waals surface area contributed by atoms with E-state index in [4.69, 9.17) is 0 Å². The van der Waals surface area contributed by atoms with Crippen LogP contribution >= 0.6 is 0 Å². The number of quaternary nitrogens is 1. The molecule has 2 atom stereocenters. The van der Waals surface area contributed by atoms with Crippen LogP contribution in [0.25, 0.3) is 10.9 Å². The van der Waals surface area contributed by atoms with Gasteiger partial charge in [-0.3, -0.25) is 4.79 Å². The summed E-state index contributed by atoms with van der Waals surface area (Å²) in [5.74, 6) is 0.0208. The Bertz CT molecular complexity index is 1220. The van der Waals surface area contributed by atoms with Gasteiger partial charge in [-0.05, 0) is 36.2 Å². The SMILES string of the molecule is C[C@H]([NH2+]C[C@@H](c1ccccc1)c1c[nH]c2ccccc12)C(=O)Nc1ccccc1C#N. The summed E-state index contributed by atoms with van der Waals surface area (Å²) in [5.41, 5.74) is 4.55. The Hall–Kier alpha value is -3.88. The fourth-order valence-electron chi connectivity index (χ4n) is 3.89. The van der Waals surface area contributed by atoms with E-state index in [0.717, 1.165) is 12.1 Å². The van der Waals surface area contributed by atoms with Crippen molar-refractivity contribution >= 4 is 22.5 Å². The fourth-order valence-corrected chi connectivity index (χ4v) is 3.89. The summed E-state index contributed by atoms with van der Waals surface area (Å²) in [4.78, 5) is 16.1. The molecule has 3 aromatic carbocycles. The van der Waals surface area contributed by atoms with Crippen molar-refractivity contribution in [2.45, 2.75) is 18.9 Å². The van der Waals surface area contributed by atoms with Gasteiger partial charge in [-0.1, -0.05) is 60.7 Å². The lowest BCUT2D eigenvalue weighted by Gasteiger charge is -2.19. The zero-order valence-electron chi connectivity index (χ0n) is 17.4. The van der Waals surface area contributed by atoms with Crippen molar-refractivity contribution in [3.63, 3.8) is 0 Å². The molecule has 0 saturated carbocycles. The molecule has 0 aliphatic rings. The summed E-state index contributed by atoms with van der Waals surface area (Å²) in [7, 11) is 0. The predicted molar refractivity (Wildman–Crippen MR) is 123 cm³/mol. The Kier molecular flexibility index (Phi) is 6.11. The highest BCUT2D eigenvalue weighted by atomic mass is 16.2. The van der Waals surface area contributed by atoms with E-state index in [9.17, 15) is 10.1 Å². The van der Waals surface area contributed by atoms with Crippen LogP contribution in [0.4, 0.5) is 5.69 Å². The maximum Gasteiger partial charge on any atom is 0.282 e. The first-order valence-electron chi connectivity index (χ1n) is 10.4. The molecule has 0 radical (unpaired) electrons. The number of fused-ring (bicyclic) bond motifs is 1. The van der Waals surface area contributed by atoms with Gasteiger partial charge in [0, 0.05) is 17.1 Å². The largest absolute Gasteiger partial charge is 0.361 e. The Morgan fingerprint density at radius 3 is 2.55 bits per heavy atom. The van der Waals surface area contributed by atoms with E-state index < -0.39 is 0 Å². The molecule has 0 unspecified atom stereocenters. The number of para-hydroxylation sites is 2. The van der Waals surface area contributed by atoms with Crippen molar-refractivity contribution < 1.29 is 10.1 Å². The topological polar surface area (TPSA) is 85.3 Å². The molecule has 154 valence electrons. The van der Waals surface area contributed by atoms with Gasteiger partial charge in [-0.25, -0.2) is 0 Å². The van der Waals surface area contributed by atoms with Gasteiger partial charge >= 0.3 is 0 Å². The molecule has 5 heteroatoms. The Morgan fingerprint density at radius 2 is 1.74 bits per heavy atom. The lowest BCUT2D eigenvalue weighted by atomic mass is 9.90. The predicted octanol–water partition coefficient (Wildman–Crippen LogP) is 3.76. The zero-order valence-corrected chi connectivity index (χ0v) is 17.4. The summed E-state index contributed by atoms with van der Waals surface area (Å²) < 4.78 is 0. The van der Waals surface area contributed by atoms with Crippen molar-refractivity contribution in [2.75, 3.05) is 11.9 Å². The second-order valence-electron chi connectivity index (χ2n) is 7.66. The normalized spacial score (nSPS) is 12.8. The molecule has 4 aromatic rings. The highest BCUT2D eigenvalue weighted by Gasteiger charge is 2.23. The van der Waals surface area contributed by atoms with Crippen LogP contribution < -0.4 is 10.6 Å². The summed E-state index contributed by atoms with van der Waals surface area (Å²) in [6.07, 6.45) is 2.07. The van der Waals surface area contributed by atoms with Gasteiger partial charge in [0.15, 0.2) is 6.04 Å². The molecule has 1 aromatic heterocycles. The minimum Gasteiger partial charge on any atom is -0.361 e. The van der Waals surface area contributed by atoms with Crippen LogP contribution in [0.3, 0.4) is 0 Å². The third-order valence-electron chi connectivity index (χ3n) is 5.64. The molecule has 0 saturated heterocycles. The summed E-state index contributed by atoms with van der Waals surface area (Å²) in [6, 6.07) is 27.5. The van der Waals surface area contributed by atoms with Gasteiger partial charge in [0.05, 0.1) is 23.7 Å². The van der Waals surface area contributed by atoms with Crippen LogP contribution in [0.2, 0.25) is 0 Å². The molecule has 0 fully saturated rings. The Labute approximate surface area is 181 Å². The lowest BCUT2D eigenvalue weighted by Crippen LogP contribution is -2.92. The first kappa shape index (κ1) is 20.4. The number of H-pyrrole nitrogens is 1. The highest BCUT2D eigenvalue weighted by molar-refractivity contribution is 5.94. The maximum atomic E-state index is 12.8. The zero-order chi connectivity index (χ0) is 21.6. The van der Waals surface area contributed by atoms with E-state index >= 15 is 0 Å². The summed E-state index contributed by atoms with van der Waals surface area (Å²) in [6.45, 7) is 2.61. The van der Waals surface area contributed by atoms with Gasteiger partial charge in [0.2, 0.25) is 0 Å². The van der Waals surface area contributed by atoms with Crippen molar-refractivity contribution in [2.24, 2.45) is 0 Å². The number of carbonyl (C=O) groups is 1. The highest BCUT2D eigenvalue weighted by Crippen LogP contribution is 2.29. The molecular weight excluding hydrogens is 384 g/mol. The lowest BCUT2D eigenvalue weighted by molar-refractivity contribution is -0.674. The van der Waals surface area contributed by atoms with E-state index in [1.54, 1.807) is 18.2 Å². The van der Waals surface area contributed by atoms with Crippen LogP contribution in [-0.4, -0.2) is 23.5 Å². The molecule has 31 heavy (non-hydrogen) atoms. The summed E-state index contributed by atoms with van der Waals surface area (Å²) in [5, 5.41) is 15.4. The van der Waals surface area contributed by atoms with Crippen molar-refractivity contribution in [3.05, 3.63) is 102 Å². The van der Waals surface area contributed by atoms with Gasteiger partial charge in [0.25, 0.3) is 5.91 Å². The molecule has 4 N–H and O–H groups in total. The Morgan fingerprint density at radius 1 is 1.03 bits per heavy atom. The monoisotopic (exact) mass is 409 g/mol. The average molecular weight is 410 g/mol. The molecule has 5 nitrogen and oxygen atoms in total. The van der Waals surface area contributed by atoms with Crippen LogP contribution in [0, 0.1) is 11.3 Å². The van der Waals surface area contributed by atoms with E-state index in [2.05, 4.69) is 52.1 Å². The van der Waals surface area contributed by atoms with E-state index in [0.29, 0.717) is 11.3 Å². The minimum atomic E-state index is -0.303. The smallest absolute Gasteiger partial charge is 0.282 e. The maximum absolute atomic E-state index is 12.8. The average Bonchev–Trinajstić information content (AvgIpc) is 3.24. The standard InChI is InChI=1S/C26H24N4O/c1-18(26(31)30-24-13-7-5-11-20(24)15-27)28-16-22(19-9-3-2-4-10-19)23-17-29-25-14-8-6-12-21(23)25/h2-14,17-18,22,28-29H,16H2,1H3,(H,30,31)/p+1/t18-,22-/m0/s1. The number of carbonyl (C=O) groups excluding carboxylic acids is 1. The third-order valence-corrected chi connectivity index (χ3v) is 5.64. The quantitative estimate of drug-likeness (QED) is 0.434. The molecule has 0 bridgehead atoms. The molecule has 0 aliphatic carbocycles. The number of aromatic nitrogens is 1. The molecular formula is C26H25N4O+. The number of anilines is 1. The molecule has 1 amide bonds. The molecule has 1 heterocycles. The van der Waals surface area contributed by atoms with Gasteiger partial charge in [-0.2, -0.15) is 5.26 Å². The van der Waals surface area contributed by atoms with Crippen LogP contribution in [-0.2, 0) is 4.79 Å². The number of benzene rings is 3. The van der Waals surface area contributed by atoms with Crippen molar-refractivity contribution in [1.82, 2.24) is 4.98 Å². The number of rotatable bonds is 7. The van der Waals surface area contributed by atoms with E-state index in [-0.39, 0.29) is 17.9 Å². The first-order valence-corrected chi connectivity index (χ1v) is 10.4. The van der Waals surface area contributed by atoms with Crippen molar-refractivity contribution in [1.29, 1.82) is 5.26 Å². The van der Waals surface area contributed by atoms with Crippen LogP contribution in [0.15, 0.2) is 85.1 Å². The van der Waals surface area contributed by atoms with E-state index in [1.165, 1.54) is 16.5 Å². The third kappa shape index (κ3) is 4.50. The molecule has 4 rings (SSSR count). The second-order valence-corrected chi connectivity index (χ2v) is 7.66. The molecule has 0 spiro atoms. The molecule has 0 aliphatic heterocycles. The number of nitrogens with one attached hydrogen (secondary N) is 2. The fraction of sp³-hybridized carbons (Fsp3) is 0.154. The number of hydrogen-bond donors (Lipinski definition) is 3. The number of nitrogens with zero attached hydrogens (tertiary/aromatic N) is 1. The minimum absolute atomic E-state index is 0.117. The van der Waals surface area contributed by atoms with Gasteiger partial charge in [-0.15, -0.1) is 0 Å². The van der Waals surface area contributed by atoms with Gasteiger partial charge < -0.3 is 15.6 Å². The first-order chi connectivity index (χ1) is 15.2.